The third-order valence-electron chi connectivity index (χ3n) is 3.24. The number of carbonyl (C=O) groups is 1. The predicted octanol–water partition coefficient (Wildman–Crippen LogP) is 2.96. The van der Waals surface area contributed by atoms with E-state index >= 15 is 0 Å². The standard InChI is InChI=1S/C13H18ClN3O2/c1-7(10-4-5-10)17-13-11(14)12(15-6-16-13)8(2)19-9(3)18/h6-8,10H,4-5H2,1-3H3,(H,15,16,17). The Morgan fingerprint density at radius 2 is 2.16 bits per heavy atom. The van der Waals surface area contributed by atoms with Gasteiger partial charge in [0.1, 0.15) is 29.0 Å². The third-order valence-corrected chi connectivity index (χ3v) is 3.61. The molecular weight excluding hydrogens is 266 g/mol. The van der Waals surface area contributed by atoms with Crippen LogP contribution in [0.5, 0.6) is 0 Å². The molecule has 1 aromatic heterocycles. The summed E-state index contributed by atoms with van der Waals surface area (Å²) >= 11 is 6.28. The van der Waals surface area contributed by atoms with Gasteiger partial charge in [-0.15, -0.1) is 0 Å². The van der Waals surface area contributed by atoms with Gasteiger partial charge in [0.2, 0.25) is 0 Å². The summed E-state index contributed by atoms with van der Waals surface area (Å²) in [5.74, 6) is 0.938. The van der Waals surface area contributed by atoms with Crippen molar-refractivity contribution >= 4 is 23.4 Å². The molecule has 1 heterocycles. The van der Waals surface area contributed by atoms with Crippen LogP contribution < -0.4 is 5.32 Å². The molecule has 19 heavy (non-hydrogen) atoms. The number of hydrogen-bond acceptors (Lipinski definition) is 5. The van der Waals surface area contributed by atoms with Crippen LogP contribution in [0, 0.1) is 5.92 Å². The van der Waals surface area contributed by atoms with E-state index in [-0.39, 0.29) is 5.97 Å². The largest absolute Gasteiger partial charge is 0.456 e. The molecular formula is C13H18ClN3O2. The van der Waals surface area contributed by atoms with E-state index in [2.05, 4.69) is 22.2 Å². The zero-order valence-electron chi connectivity index (χ0n) is 11.3. The van der Waals surface area contributed by atoms with Crippen LogP contribution >= 0.6 is 11.6 Å². The highest BCUT2D eigenvalue weighted by atomic mass is 35.5. The molecule has 1 N–H and O–H groups in total. The summed E-state index contributed by atoms with van der Waals surface area (Å²) in [6.07, 6.45) is 3.44. The Balaban J connectivity index is 2.14. The fourth-order valence-corrected chi connectivity index (χ4v) is 2.31. The number of anilines is 1. The lowest BCUT2D eigenvalue weighted by Gasteiger charge is -2.17. The van der Waals surface area contributed by atoms with Crippen molar-refractivity contribution < 1.29 is 9.53 Å². The molecule has 1 saturated carbocycles. The molecule has 0 amide bonds. The first-order valence-electron chi connectivity index (χ1n) is 6.43. The van der Waals surface area contributed by atoms with Crippen LogP contribution in [0.2, 0.25) is 5.02 Å². The summed E-state index contributed by atoms with van der Waals surface area (Å²) in [7, 11) is 0. The average molecular weight is 284 g/mol. The second-order valence-corrected chi connectivity index (χ2v) is 5.32. The summed E-state index contributed by atoms with van der Waals surface area (Å²) in [6, 6.07) is 0.337. The van der Waals surface area contributed by atoms with Crippen molar-refractivity contribution in [2.24, 2.45) is 5.92 Å². The fraction of sp³-hybridized carbons (Fsp3) is 0.615. The van der Waals surface area contributed by atoms with Crippen molar-refractivity contribution in [3.05, 3.63) is 17.0 Å². The van der Waals surface area contributed by atoms with Gasteiger partial charge in [-0.25, -0.2) is 9.97 Å². The summed E-state index contributed by atoms with van der Waals surface area (Å²) in [5.41, 5.74) is 0.525. The van der Waals surface area contributed by atoms with E-state index in [9.17, 15) is 4.79 Å². The van der Waals surface area contributed by atoms with E-state index in [4.69, 9.17) is 16.3 Å². The number of esters is 1. The van der Waals surface area contributed by atoms with E-state index in [1.165, 1.54) is 26.1 Å². The van der Waals surface area contributed by atoms with Gasteiger partial charge in [0, 0.05) is 13.0 Å². The van der Waals surface area contributed by atoms with Crippen molar-refractivity contribution in [3.8, 4) is 0 Å². The number of nitrogens with zero attached hydrogens (tertiary/aromatic N) is 2. The number of halogens is 1. The average Bonchev–Trinajstić information content (AvgIpc) is 3.14. The van der Waals surface area contributed by atoms with Crippen molar-refractivity contribution in [3.63, 3.8) is 0 Å². The van der Waals surface area contributed by atoms with Crippen molar-refractivity contribution in [2.75, 3.05) is 5.32 Å². The van der Waals surface area contributed by atoms with Crippen molar-refractivity contribution in [1.29, 1.82) is 0 Å². The normalized spacial score (nSPS) is 17.7. The van der Waals surface area contributed by atoms with E-state index in [0.29, 0.717) is 28.5 Å². The molecule has 2 unspecified atom stereocenters. The minimum Gasteiger partial charge on any atom is -0.456 e. The Morgan fingerprint density at radius 3 is 2.74 bits per heavy atom. The zero-order valence-corrected chi connectivity index (χ0v) is 12.1. The second kappa shape index (κ2) is 5.74. The predicted molar refractivity (Wildman–Crippen MR) is 73.0 cm³/mol. The van der Waals surface area contributed by atoms with E-state index in [1.807, 2.05) is 0 Å². The molecule has 0 aromatic carbocycles. The van der Waals surface area contributed by atoms with Gasteiger partial charge in [-0.2, -0.15) is 0 Å². The lowest BCUT2D eigenvalue weighted by molar-refractivity contribution is -0.145. The highest BCUT2D eigenvalue weighted by Crippen LogP contribution is 2.35. The van der Waals surface area contributed by atoms with Crippen LogP contribution in [-0.2, 0) is 9.53 Å². The minimum atomic E-state index is -0.482. The molecule has 0 bridgehead atoms. The van der Waals surface area contributed by atoms with Gasteiger partial charge in [-0.1, -0.05) is 11.6 Å². The third kappa shape index (κ3) is 3.56. The smallest absolute Gasteiger partial charge is 0.303 e. The van der Waals surface area contributed by atoms with E-state index in [1.54, 1.807) is 6.92 Å². The molecule has 2 rings (SSSR count). The quantitative estimate of drug-likeness (QED) is 0.842. The van der Waals surface area contributed by atoms with Gasteiger partial charge in [-0.05, 0) is 32.6 Å². The molecule has 0 spiro atoms. The van der Waals surface area contributed by atoms with E-state index in [0.717, 1.165) is 0 Å². The molecule has 1 aromatic rings. The van der Waals surface area contributed by atoms with Crippen molar-refractivity contribution in [2.45, 2.75) is 45.8 Å². The van der Waals surface area contributed by atoms with Crippen LogP contribution in [0.1, 0.15) is 45.4 Å². The Labute approximate surface area is 117 Å². The van der Waals surface area contributed by atoms with Crippen molar-refractivity contribution in [1.82, 2.24) is 9.97 Å². The summed E-state index contributed by atoms with van der Waals surface area (Å²) in [4.78, 5) is 19.2. The Kier molecular flexibility index (Phi) is 4.24. The van der Waals surface area contributed by atoms with Gasteiger partial charge in [0.25, 0.3) is 0 Å². The van der Waals surface area contributed by atoms with Crippen LogP contribution in [0.3, 0.4) is 0 Å². The van der Waals surface area contributed by atoms with Gasteiger partial charge in [0.05, 0.1) is 0 Å². The molecule has 1 fully saturated rings. The molecule has 6 heteroatoms. The topological polar surface area (TPSA) is 64.1 Å². The lowest BCUT2D eigenvalue weighted by Crippen LogP contribution is -2.19. The summed E-state index contributed by atoms with van der Waals surface area (Å²) < 4.78 is 5.10. The number of ether oxygens (including phenoxy) is 1. The van der Waals surface area contributed by atoms with Gasteiger partial charge < -0.3 is 10.1 Å². The maximum absolute atomic E-state index is 11.0. The molecule has 0 radical (unpaired) electrons. The van der Waals surface area contributed by atoms with Crippen LogP contribution in [0.25, 0.3) is 0 Å². The van der Waals surface area contributed by atoms with Gasteiger partial charge in [-0.3, -0.25) is 4.79 Å². The van der Waals surface area contributed by atoms with Crippen LogP contribution in [-0.4, -0.2) is 22.0 Å². The van der Waals surface area contributed by atoms with Gasteiger partial charge in [0.15, 0.2) is 0 Å². The Hall–Kier alpha value is -1.36. The second-order valence-electron chi connectivity index (χ2n) is 4.94. The first kappa shape index (κ1) is 14.1. The number of nitrogens with one attached hydrogen (secondary N) is 1. The Morgan fingerprint density at radius 1 is 1.47 bits per heavy atom. The number of hydrogen-bond donors (Lipinski definition) is 1. The molecule has 1 aliphatic rings. The molecule has 0 aliphatic heterocycles. The Bertz CT molecular complexity index is 477. The SMILES string of the molecule is CC(=O)OC(C)c1ncnc(NC(C)C2CC2)c1Cl. The van der Waals surface area contributed by atoms with Gasteiger partial charge >= 0.3 is 5.97 Å². The monoisotopic (exact) mass is 283 g/mol. The molecule has 104 valence electrons. The molecule has 5 nitrogen and oxygen atoms in total. The molecule has 2 atom stereocenters. The number of carbonyl (C=O) groups excluding carboxylic acids is 1. The molecule has 0 saturated heterocycles. The number of aromatic nitrogens is 2. The zero-order chi connectivity index (χ0) is 14.0. The highest BCUT2D eigenvalue weighted by Gasteiger charge is 2.29. The summed E-state index contributed by atoms with van der Waals surface area (Å²) in [5, 5.41) is 3.72. The summed E-state index contributed by atoms with van der Waals surface area (Å²) in [6.45, 7) is 5.22. The minimum absolute atomic E-state index is 0.337. The maximum Gasteiger partial charge on any atom is 0.303 e. The first-order chi connectivity index (χ1) is 8.99. The lowest BCUT2D eigenvalue weighted by atomic mass is 10.2. The number of rotatable bonds is 5. The van der Waals surface area contributed by atoms with Crippen LogP contribution in [0.4, 0.5) is 5.82 Å². The molecule has 1 aliphatic carbocycles. The van der Waals surface area contributed by atoms with Crippen LogP contribution in [0.15, 0.2) is 6.33 Å². The maximum atomic E-state index is 11.0. The first-order valence-corrected chi connectivity index (χ1v) is 6.81. The highest BCUT2D eigenvalue weighted by molar-refractivity contribution is 6.33. The van der Waals surface area contributed by atoms with E-state index < -0.39 is 6.10 Å². The fourth-order valence-electron chi connectivity index (χ4n) is 2.00.